The number of aromatic nitrogens is 6. The van der Waals surface area contributed by atoms with E-state index in [1.165, 1.54) is 62.8 Å². The summed E-state index contributed by atoms with van der Waals surface area (Å²) >= 11 is 1.25. The molecule has 0 aliphatic carbocycles. The van der Waals surface area contributed by atoms with Gasteiger partial charge in [0.15, 0.2) is 5.69 Å². The molecule has 192 valence electrons. The van der Waals surface area contributed by atoms with Gasteiger partial charge in [0, 0.05) is 43.1 Å². The van der Waals surface area contributed by atoms with Crippen LogP contribution in [0.4, 0.5) is 0 Å². The molecule has 0 atom stereocenters. The Morgan fingerprint density at radius 2 is 1.82 bits per heavy atom. The zero-order valence-corrected chi connectivity index (χ0v) is 20.8. The molecule has 0 unspecified atom stereocenters. The number of nitrogens with zero attached hydrogens (tertiary/aromatic N) is 6. The van der Waals surface area contributed by atoms with Crippen LogP contribution in [-0.2, 0) is 38.6 Å². The monoisotopic (exact) mass is 608 g/mol. The van der Waals surface area contributed by atoms with Gasteiger partial charge < -0.3 is 19.3 Å². The molecule has 0 bridgehead atoms. The van der Waals surface area contributed by atoms with E-state index < -0.39 is 55.3 Å². The third-order valence-electron chi connectivity index (χ3n) is 2.97. The van der Waals surface area contributed by atoms with E-state index in [4.69, 9.17) is 29.0 Å². The number of carbonyl (C=O) groups is 2. The maximum atomic E-state index is 10.9. The second-order valence-electron chi connectivity index (χ2n) is 5.09. The Hall–Kier alpha value is -2.57. The van der Waals surface area contributed by atoms with Crippen molar-refractivity contribution in [1.82, 2.24) is 30.0 Å². The van der Waals surface area contributed by atoms with Crippen molar-refractivity contribution in [3.63, 3.8) is 0 Å². The van der Waals surface area contributed by atoms with Crippen molar-refractivity contribution in [3.8, 4) is 12.3 Å². The number of alkyl halides is 1. The molecule has 0 saturated carbocycles. The maximum Gasteiger partial charge on any atom is 0.383 e. The van der Waals surface area contributed by atoms with Gasteiger partial charge in [0.2, 0.25) is 0 Å². The Kier molecular flexibility index (Phi) is 10.7. The molecule has 1 N–H and O–H groups in total. The average Bonchev–Trinajstić information content (AvgIpc) is 3.74. The number of hydrogen-bond acceptors (Lipinski definition) is 10. The number of terminal acetylenes is 1. The number of methoxy groups -OCH3 is 2. The van der Waals surface area contributed by atoms with E-state index in [9.17, 15) is 9.59 Å². The first kappa shape index (κ1) is 15.4. The number of ether oxygens (including phenoxy) is 3. The molecule has 3 rings (SSSR count). The topological polar surface area (TPSA) is 143 Å². The Labute approximate surface area is 234 Å². The molecule has 2 aromatic rings. The number of halogens is 1. The van der Waals surface area contributed by atoms with Crippen molar-refractivity contribution in [2.75, 3.05) is 31.8 Å². The summed E-state index contributed by atoms with van der Waals surface area (Å²) in [7, 11) is 2.46. The van der Waals surface area contributed by atoms with Crippen LogP contribution in [0.25, 0.3) is 0 Å². The molecule has 12 nitrogen and oxygen atoms in total. The molecule has 3 heterocycles. The average molecular weight is 609 g/mol. The van der Waals surface area contributed by atoms with E-state index in [1.54, 1.807) is 5.92 Å². The lowest BCUT2D eigenvalue weighted by Crippen LogP contribution is -2.01. The van der Waals surface area contributed by atoms with Crippen LogP contribution in [0.1, 0.15) is 68.8 Å². The zero-order chi connectivity index (χ0) is 38.4. The summed E-state index contributed by atoms with van der Waals surface area (Å²) in [5.41, 5.74) is -0.561. The van der Waals surface area contributed by atoms with E-state index in [-0.39, 0.29) is 5.69 Å². The molecular weight excluding hydrogens is 559 g/mol. The molecule has 0 amide bonds. The molecule has 0 radical (unpaired) electrons. The third kappa shape index (κ3) is 17.9. The predicted molar refractivity (Wildman–Crippen MR) is 134 cm³/mol. The largest absolute Gasteiger partial charge is 0.464 e. The molecule has 1 saturated heterocycles. The highest BCUT2D eigenvalue weighted by atomic mass is 127. The van der Waals surface area contributed by atoms with Crippen molar-refractivity contribution < 1.29 is 48.1 Å². The van der Waals surface area contributed by atoms with Crippen LogP contribution < -0.4 is 0 Å². The van der Waals surface area contributed by atoms with Crippen LogP contribution in [0.15, 0.2) is 12.4 Å². The third-order valence-corrected chi connectivity index (χ3v) is 2.97. The number of aliphatic hydroxyl groups is 1. The van der Waals surface area contributed by atoms with Crippen LogP contribution in [0.2, 0.25) is 0 Å². The minimum atomic E-state index is -2.97. The summed E-state index contributed by atoms with van der Waals surface area (Å²) in [5, 5.41) is 22.1. The van der Waals surface area contributed by atoms with Crippen LogP contribution >= 0.6 is 22.6 Å². The number of aryl methyl sites for hydroxylation is 2. The first-order valence-electron chi connectivity index (χ1n) is 15.9. The second kappa shape index (κ2) is 23.6. The van der Waals surface area contributed by atoms with Gasteiger partial charge in [0.1, 0.15) is 5.69 Å². The lowest BCUT2D eigenvalue weighted by Gasteiger charge is -1.90. The number of esters is 2. The normalized spacial score (nSPS) is 19.4. The fourth-order valence-corrected chi connectivity index (χ4v) is 1.51. The summed E-state index contributed by atoms with van der Waals surface area (Å²) in [6, 6.07) is 0. The minimum Gasteiger partial charge on any atom is -0.464 e. The molecule has 1 aliphatic heterocycles. The Bertz CT molecular complexity index is 1290. The molecule has 1 aliphatic rings. The summed E-state index contributed by atoms with van der Waals surface area (Å²) in [4.78, 5) is 20.6. The van der Waals surface area contributed by atoms with Gasteiger partial charge in [-0.1, -0.05) is 39.9 Å². The molecule has 34 heavy (non-hydrogen) atoms. The fraction of sp³-hybridized carbons (Fsp3) is 0.619. The van der Waals surface area contributed by atoms with Gasteiger partial charge in [0.25, 0.3) is 0 Å². The molecule has 2 aromatic heterocycles. The molecule has 0 aromatic carbocycles. The van der Waals surface area contributed by atoms with E-state index >= 15 is 0 Å². The second-order valence-corrected chi connectivity index (χ2v) is 5.62. The van der Waals surface area contributed by atoms with Crippen molar-refractivity contribution in [3.05, 3.63) is 23.8 Å². The molecular formula is C21H35IN6O6. The van der Waals surface area contributed by atoms with Crippen LogP contribution in [0, 0.1) is 12.3 Å². The van der Waals surface area contributed by atoms with Gasteiger partial charge in [0.05, 0.1) is 41.4 Å². The number of carbonyl (C=O) groups excluding carboxylic acids is 2. The van der Waals surface area contributed by atoms with E-state index in [2.05, 4.69) is 36.5 Å². The minimum absolute atomic E-state index is 0.00627. The first-order valence-corrected chi connectivity index (χ1v) is 10.0. The van der Waals surface area contributed by atoms with Gasteiger partial charge in [-0.25, -0.2) is 9.59 Å². The van der Waals surface area contributed by atoms with E-state index in [1.807, 2.05) is 0 Å². The van der Waals surface area contributed by atoms with Gasteiger partial charge >= 0.3 is 11.9 Å². The standard InChI is InChI=1S/C6H9N3O2.C5H9N3O.C4H4O2.C4H8O.C2H5I/c1-3-9-4-5(7-8-9)6(10)11-2;1-2-8-3-5(4-9)6-7-8;1-3-4(5)6-2;1-2-4-5-3-1;1-2-3/h4H,3H2,1-2H3;3,9H,2,4H2,1H3;1H,2H3;1-4H2;2H2,1H3/i3D2;1D3,2D2,4D2;;;1D3,2D2. The predicted octanol–water partition coefficient (Wildman–Crippen LogP) is 1.91. The smallest absolute Gasteiger partial charge is 0.383 e. The summed E-state index contributed by atoms with van der Waals surface area (Å²) in [5.74, 6) is 0.495. The zero-order valence-electron chi connectivity index (χ0n) is 32.6. The molecule has 1 fully saturated rings. The van der Waals surface area contributed by atoms with Crippen LogP contribution in [-0.4, -0.2) is 78.8 Å². The van der Waals surface area contributed by atoms with Gasteiger partial charge in [-0.05, 0) is 31.0 Å². The van der Waals surface area contributed by atoms with Gasteiger partial charge in [-0.15, -0.1) is 16.6 Å². The number of hydrogen-bond donors (Lipinski definition) is 1. The lowest BCUT2D eigenvalue weighted by atomic mass is 10.4. The fourth-order valence-electron chi connectivity index (χ4n) is 1.51. The Morgan fingerprint density at radius 3 is 2.15 bits per heavy atom. The number of rotatable bonds is 4. The van der Waals surface area contributed by atoms with Gasteiger partial charge in [-0.3, -0.25) is 9.36 Å². The van der Waals surface area contributed by atoms with E-state index in [0.29, 0.717) is 10.9 Å². The lowest BCUT2D eigenvalue weighted by molar-refractivity contribution is -0.133. The summed E-state index contributed by atoms with van der Waals surface area (Å²) in [6.07, 6.45) is 9.03. The highest BCUT2D eigenvalue weighted by Gasteiger charge is 2.08. The van der Waals surface area contributed by atoms with Crippen LogP contribution in [0.5, 0.6) is 0 Å². The van der Waals surface area contributed by atoms with Crippen molar-refractivity contribution in [2.45, 2.75) is 53.0 Å². The Balaban J connectivity index is 0. The first-order chi connectivity index (χ1) is 21.5. The van der Waals surface area contributed by atoms with Gasteiger partial charge in [-0.2, -0.15) is 0 Å². The summed E-state index contributed by atoms with van der Waals surface area (Å²) < 4.78 is 109. The molecule has 0 spiro atoms. The van der Waals surface area contributed by atoms with E-state index in [0.717, 1.165) is 17.9 Å². The summed E-state index contributed by atoms with van der Waals surface area (Å²) in [6.45, 7) is -9.43. The maximum absolute atomic E-state index is 10.9. The SMILES string of the molecule is C#CC(=O)OC.C1CCOC1.[2H]C([2H])(C)n1cc(C(=O)OC)nn1.[2H]C([2H])(O)c1cn(C([2H])([2H])C([2H])([2H])[2H])nn1.[2H]C([2H])([2H])C([2H])([2H])I. The Morgan fingerprint density at radius 1 is 1.21 bits per heavy atom. The molecule has 13 heteroatoms. The quantitative estimate of drug-likeness (QED) is 0.180. The highest BCUT2D eigenvalue weighted by Crippen LogP contribution is 1.98. The van der Waals surface area contributed by atoms with Crippen molar-refractivity contribution in [1.29, 1.82) is 0 Å². The highest BCUT2D eigenvalue weighted by molar-refractivity contribution is 14.1. The van der Waals surface area contributed by atoms with Crippen molar-refractivity contribution in [2.24, 2.45) is 0 Å². The van der Waals surface area contributed by atoms with Crippen molar-refractivity contribution >= 4 is 34.5 Å². The van der Waals surface area contributed by atoms with Crippen LogP contribution in [0.3, 0.4) is 0 Å².